The van der Waals surface area contributed by atoms with Crippen LogP contribution in [0.1, 0.15) is 5.76 Å². The Balaban J connectivity index is 2.48. The minimum absolute atomic E-state index is 0.0359. The average Bonchev–Trinajstić information content (AvgIpc) is 2.32. The maximum atomic E-state index is 10.1. The van der Waals surface area contributed by atoms with Crippen LogP contribution in [0.3, 0.4) is 0 Å². The maximum Gasteiger partial charge on any atom is 0.333 e. The van der Waals surface area contributed by atoms with E-state index in [1.807, 2.05) is 4.72 Å². The molecule has 0 saturated heterocycles. The molecule has 0 atom stereocenters. The summed E-state index contributed by atoms with van der Waals surface area (Å²) < 4.78 is 35.1. The predicted molar refractivity (Wildman–Crippen MR) is 37.1 cm³/mol. The highest BCUT2D eigenvalue weighted by Gasteiger charge is 2.03. The van der Waals surface area contributed by atoms with Crippen LogP contribution in [0.2, 0.25) is 0 Å². The van der Waals surface area contributed by atoms with E-state index in [-0.39, 0.29) is 6.54 Å². The van der Waals surface area contributed by atoms with Crippen LogP contribution in [0.5, 0.6) is 0 Å². The molecular formula is C5H7NO4S. The zero-order valence-corrected chi connectivity index (χ0v) is 6.34. The van der Waals surface area contributed by atoms with Gasteiger partial charge in [0.25, 0.3) is 0 Å². The summed E-state index contributed by atoms with van der Waals surface area (Å²) in [4.78, 5) is 0. The third-order valence-electron chi connectivity index (χ3n) is 1.01. The molecule has 0 amide bonds. The zero-order chi connectivity index (χ0) is 8.32. The lowest BCUT2D eigenvalue weighted by Gasteiger charge is -1.95. The highest BCUT2D eigenvalue weighted by molar-refractivity contribution is 7.83. The van der Waals surface area contributed by atoms with Crippen LogP contribution < -0.4 is 4.72 Å². The van der Waals surface area contributed by atoms with Gasteiger partial charge in [0.05, 0.1) is 12.8 Å². The molecule has 0 aliphatic rings. The number of furan rings is 1. The van der Waals surface area contributed by atoms with Crippen molar-refractivity contribution < 1.29 is 17.4 Å². The molecule has 0 saturated carbocycles. The fourth-order valence-electron chi connectivity index (χ4n) is 0.575. The molecule has 1 aromatic heterocycles. The van der Waals surface area contributed by atoms with Crippen LogP contribution in [0.15, 0.2) is 22.8 Å². The minimum atomic E-state index is -4.11. The first-order chi connectivity index (χ1) is 5.08. The Morgan fingerprint density at radius 3 is 2.82 bits per heavy atom. The summed E-state index contributed by atoms with van der Waals surface area (Å²) in [5.74, 6) is 0.447. The summed E-state index contributed by atoms with van der Waals surface area (Å²) in [5, 5.41) is 0. The first kappa shape index (κ1) is 8.25. The van der Waals surface area contributed by atoms with Crippen molar-refractivity contribution in [3.8, 4) is 0 Å². The molecule has 0 radical (unpaired) electrons. The van der Waals surface area contributed by atoms with Crippen molar-refractivity contribution in [3.05, 3.63) is 24.2 Å². The van der Waals surface area contributed by atoms with Crippen LogP contribution in [-0.2, 0) is 16.8 Å². The molecule has 62 valence electrons. The van der Waals surface area contributed by atoms with Crippen molar-refractivity contribution in [2.45, 2.75) is 6.54 Å². The van der Waals surface area contributed by atoms with E-state index in [0.717, 1.165) is 0 Å². The largest absolute Gasteiger partial charge is 0.468 e. The van der Waals surface area contributed by atoms with E-state index >= 15 is 0 Å². The van der Waals surface area contributed by atoms with Crippen molar-refractivity contribution in [1.82, 2.24) is 4.72 Å². The normalized spacial score (nSPS) is 11.7. The summed E-state index contributed by atoms with van der Waals surface area (Å²) in [6.45, 7) is -0.0359. The second-order valence-corrected chi connectivity index (χ2v) is 3.11. The number of hydrogen-bond donors (Lipinski definition) is 2. The maximum absolute atomic E-state index is 10.1. The standard InChI is InChI=1S/C5H7NO4S/c7-11(8,9)6-4-5-2-1-3-10-5/h1-3,6H,4H2,(H,7,8,9). The fraction of sp³-hybridized carbons (Fsp3) is 0.200. The van der Waals surface area contributed by atoms with Gasteiger partial charge in [0.2, 0.25) is 0 Å². The van der Waals surface area contributed by atoms with Gasteiger partial charge in [0, 0.05) is 0 Å². The summed E-state index contributed by atoms with van der Waals surface area (Å²) in [7, 11) is -4.11. The molecular weight excluding hydrogens is 170 g/mol. The van der Waals surface area contributed by atoms with E-state index in [9.17, 15) is 8.42 Å². The first-order valence-electron chi connectivity index (χ1n) is 2.82. The highest BCUT2D eigenvalue weighted by Crippen LogP contribution is 1.98. The van der Waals surface area contributed by atoms with E-state index in [4.69, 9.17) is 8.97 Å². The Bertz CT molecular complexity index is 301. The summed E-state index contributed by atoms with van der Waals surface area (Å²) in [6.07, 6.45) is 1.42. The molecule has 0 fully saturated rings. The molecule has 5 nitrogen and oxygen atoms in total. The van der Waals surface area contributed by atoms with Gasteiger partial charge < -0.3 is 4.42 Å². The van der Waals surface area contributed by atoms with Crippen LogP contribution in [-0.4, -0.2) is 13.0 Å². The van der Waals surface area contributed by atoms with Crippen molar-refractivity contribution in [2.24, 2.45) is 0 Å². The van der Waals surface area contributed by atoms with Crippen LogP contribution in [0.4, 0.5) is 0 Å². The third kappa shape index (κ3) is 3.17. The number of nitrogens with one attached hydrogen (secondary N) is 1. The Kier molecular flexibility index (Phi) is 2.28. The SMILES string of the molecule is O=S(=O)(O)NCc1ccco1. The topological polar surface area (TPSA) is 79.5 Å². The molecule has 1 heterocycles. The van der Waals surface area contributed by atoms with E-state index in [1.54, 1.807) is 12.1 Å². The lowest BCUT2D eigenvalue weighted by Crippen LogP contribution is -2.21. The van der Waals surface area contributed by atoms with E-state index in [0.29, 0.717) is 5.76 Å². The molecule has 0 bridgehead atoms. The number of rotatable bonds is 3. The number of hydrogen-bond acceptors (Lipinski definition) is 3. The van der Waals surface area contributed by atoms with E-state index < -0.39 is 10.3 Å². The summed E-state index contributed by atoms with van der Waals surface area (Å²) in [5.41, 5.74) is 0. The molecule has 0 spiro atoms. The van der Waals surface area contributed by atoms with Gasteiger partial charge >= 0.3 is 10.3 Å². The lowest BCUT2D eigenvalue weighted by atomic mass is 10.5. The van der Waals surface area contributed by atoms with Gasteiger partial charge in [-0.25, -0.2) is 0 Å². The van der Waals surface area contributed by atoms with Crippen molar-refractivity contribution in [3.63, 3.8) is 0 Å². The zero-order valence-electron chi connectivity index (χ0n) is 5.52. The van der Waals surface area contributed by atoms with Gasteiger partial charge in [0.15, 0.2) is 0 Å². The van der Waals surface area contributed by atoms with Gasteiger partial charge in [-0.05, 0) is 12.1 Å². The summed E-state index contributed by atoms with van der Waals surface area (Å²) >= 11 is 0. The van der Waals surface area contributed by atoms with Crippen molar-refractivity contribution in [1.29, 1.82) is 0 Å². The second kappa shape index (κ2) is 3.04. The molecule has 1 rings (SSSR count). The fourth-order valence-corrected chi connectivity index (χ4v) is 0.900. The molecule has 0 aromatic carbocycles. The highest BCUT2D eigenvalue weighted by atomic mass is 32.2. The summed E-state index contributed by atoms with van der Waals surface area (Å²) in [6, 6.07) is 3.22. The van der Waals surface area contributed by atoms with Crippen molar-refractivity contribution >= 4 is 10.3 Å². The van der Waals surface area contributed by atoms with Gasteiger partial charge in [-0.1, -0.05) is 0 Å². The third-order valence-corrected chi connectivity index (χ3v) is 1.52. The Hall–Kier alpha value is -0.850. The van der Waals surface area contributed by atoms with Gasteiger partial charge in [-0.3, -0.25) is 4.55 Å². The minimum Gasteiger partial charge on any atom is -0.468 e. The second-order valence-electron chi connectivity index (χ2n) is 1.88. The quantitative estimate of drug-likeness (QED) is 0.645. The van der Waals surface area contributed by atoms with Gasteiger partial charge in [-0.15, -0.1) is 0 Å². The smallest absolute Gasteiger partial charge is 0.333 e. The Morgan fingerprint density at radius 1 is 1.64 bits per heavy atom. The van der Waals surface area contributed by atoms with Gasteiger partial charge in [0.1, 0.15) is 5.76 Å². The first-order valence-corrected chi connectivity index (χ1v) is 4.26. The van der Waals surface area contributed by atoms with Crippen LogP contribution in [0, 0.1) is 0 Å². The van der Waals surface area contributed by atoms with Crippen LogP contribution >= 0.6 is 0 Å². The average molecular weight is 177 g/mol. The molecule has 1 aromatic rings. The van der Waals surface area contributed by atoms with Crippen molar-refractivity contribution in [2.75, 3.05) is 0 Å². The molecule has 0 aliphatic heterocycles. The molecule has 11 heavy (non-hydrogen) atoms. The van der Waals surface area contributed by atoms with E-state index in [2.05, 4.69) is 0 Å². The predicted octanol–water partition coefficient (Wildman–Crippen LogP) is 0.172. The molecule has 6 heteroatoms. The monoisotopic (exact) mass is 177 g/mol. The van der Waals surface area contributed by atoms with E-state index in [1.165, 1.54) is 6.26 Å². The van der Waals surface area contributed by atoms with Crippen LogP contribution in [0.25, 0.3) is 0 Å². The Morgan fingerprint density at radius 2 is 2.36 bits per heavy atom. The molecule has 0 unspecified atom stereocenters. The lowest BCUT2D eigenvalue weighted by molar-refractivity contribution is 0.452. The molecule has 2 N–H and O–H groups in total. The molecule has 0 aliphatic carbocycles. The van der Waals surface area contributed by atoms with Gasteiger partial charge in [-0.2, -0.15) is 13.1 Å². The Labute approximate surface area is 63.9 Å².